The molecule has 2 aromatic carbocycles. The molecule has 3 aromatic rings. The molecule has 6 heteroatoms. The van der Waals surface area contributed by atoms with Gasteiger partial charge in [0.15, 0.2) is 5.75 Å². The summed E-state index contributed by atoms with van der Waals surface area (Å²) in [6.45, 7) is 0. The van der Waals surface area contributed by atoms with Gasteiger partial charge in [0.2, 0.25) is 0 Å². The Balaban J connectivity index is 2.13. The lowest BCUT2D eigenvalue weighted by Crippen LogP contribution is -2.13. The van der Waals surface area contributed by atoms with E-state index in [2.05, 4.69) is 5.10 Å². The lowest BCUT2D eigenvalue weighted by atomic mass is 10.2. The van der Waals surface area contributed by atoms with Crippen molar-refractivity contribution in [3.63, 3.8) is 0 Å². The van der Waals surface area contributed by atoms with Crippen LogP contribution in [-0.4, -0.2) is 20.8 Å². The SMILES string of the molecule is O=C(c1cc(Cl)c(O)c(Cl)c1)n1ncc2ccccc21. The second kappa shape index (κ2) is 4.81. The molecule has 0 fully saturated rings. The fraction of sp³-hybridized carbons (Fsp3) is 0. The molecule has 0 atom stereocenters. The van der Waals surface area contributed by atoms with Gasteiger partial charge < -0.3 is 5.11 Å². The average molecular weight is 307 g/mol. The minimum Gasteiger partial charge on any atom is -0.505 e. The summed E-state index contributed by atoms with van der Waals surface area (Å²) in [7, 11) is 0. The van der Waals surface area contributed by atoms with Crippen LogP contribution in [0.25, 0.3) is 10.9 Å². The molecule has 0 saturated heterocycles. The van der Waals surface area contributed by atoms with Crippen LogP contribution >= 0.6 is 23.2 Å². The van der Waals surface area contributed by atoms with Gasteiger partial charge in [-0.15, -0.1) is 0 Å². The Morgan fingerprint density at radius 2 is 1.80 bits per heavy atom. The number of aromatic hydroxyl groups is 1. The van der Waals surface area contributed by atoms with Crippen LogP contribution in [0.1, 0.15) is 10.4 Å². The molecule has 20 heavy (non-hydrogen) atoms. The first-order chi connectivity index (χ1) is 9.58. The maximum Gasteiger partial charge on any atom is 0.278 e. The third-order valence-electron chi connectivity index (χ3n) is 2.93. The van der Waals surface area contributed by atoms with Crippen molar-refractivity contribution in [2.24, 2.45) is 0 Å². The van der Waals surface area contributed by atoms with E-state index in [0.717, 1.165) is 5.39 Å². The van der Waals surface area contributed by atoms with Crippen LogP contribution in [0.2, 0.25) is 10.0 Å². The Labute approximate surface area is 124 Å². The number of phenolic OH excluding ortho intramolecular Hbond substituents is 1. The van der Waals surface area contributed by atoms with Crippen LogP contribution < -0.4 is 0 Å². The number of hydrogen-bond acceptors (Lipinski definition) is 3. The number of carbonyl (C=O) groups is 1. The van der Waals surface area contributed by atoms with Crippen LogP contribution in [-0.2, 0) is 0 Å². The predicted octanol–water partition coefficient (Wildman–Crippen LogP) is 3.74. The van der Waals surface area contributed by atoms with Crippen LogP contribution in [0, 0.1) is 0 Å². The summed E-state index contributed by atoms with van der Waals surface area (Å²) in [5, 5.41) is 14.5. The van der Waals surface area contributed by atoms with Crippen molar-refractivity contribution < 1.29 is 9.90 Å². The third-order valence-corrected chi connectivity index (χ3v) is 3.51. The zero-order chi connectivity index (χ0) is 14.3. The van der Waals surface area contributed by atoms with E-state index >= 15 is 0 Å². The highest BCUT2D eigenvalue weighted by Crippen LogP contribution is 2.33. The molecule has 1 heterocycles. The summed E-state index contributed by atoms with van der Waals surface area (Å²) in [6, 6.07) is 10.1. The second-order valence-electron chi connectivity index (χ2n) is 4.21. The van der Waals surface area contributed by atoms with Crippen molar-refractivity contribution in [1.29, 1.82) is 0 Å². The number of phenols is 1. The number of halogens is 2. The van der Waals surface area contributed by atoms with Crippen LogP contribution in [0.5, 0.6) is 5.75 Å². The summed E-state index contributed by atoms with van der Waals surface area (Å²) in [6.07, 6.45) is 1.61. The Kier molecular flexibility index (Phi) is 3.12. The standard InChI is InChI=1S/C14H8Cl2N2O2/c15-10-5-9(6-11(16)13(10)19)14(20)18-12-4-2-1-3-8(12)7-17-18/h1-7,19H. The highest BCUT2D eigenvalue weighted by Gasteiger charge is 2.16. The molecule has 0 amide bonds. The predicted molar refractivity (Wildman–Crippen MR) is 77.6 cm³/mol. The van der Waals surface area contributed by atoms with Gasteiger partial charge in [-0.05, 0) is 18.2 Å². The van der Waals surface area contributed by atoms with Crippen molar-refractivity contribution in [3.05, 3.63) is 58.2 Å². The molecule has 3 rings (SSSR count). The van der Waals surface area contributed by atoms with E-state index in [1.54, 1.807) is 12.3 Å². The normalized spacial score (nSPS) is 10.9. The Hall–Kier alpha value is -2.04. The number of para-hydroxylation sites is 1. The Morgan fingerprint density at radius 3 is 2.50 bits per heavy atom. The van der Waals surface area contributed by atoms with Crippen molar-refractivity contribution in [2.45, 2.75) is 0 Å². The number of nitrogens with zero attached hydrogens (tertiary/aromatic N) is 2. The monoisotopic (exact) mass is 306 g/mol. The molecule has 1 N–H and O–H groups in total. The Morgan fingerprint density at radius 1 is 1.15 bits per heavy atom. The number of hydrogen-bond donors (Lipinski definition) is 1. The smallest absolute Gasteiger partial charge is 0.278 e. The number of carbonyl (C=O) groups excluding carboxylic acids is 1. The summed E-state index contributed by atoms with van der Waals surface area (Å²) in [5.74, 6) is -0.606. The number of fused-ring (bicyclic) bond motifs is 1. The van der Waals surface area contributed by atoms with Crippen molar-refractivity contribution in [3.8, 4) is 5.75 Å². The van der Waals surface area contributed by atoms with Gasteiger partial charge in [0.1, 0.15) is 0 Å². The molecule has 0 bridgehead atoms. The van der Waals surface area contributed by atoms with Gasteiger partial charge in [-0.25, -0.2) is 0 Å². The van der Waals surface area contributed by atoms with Gasteiger partial charge in [0.25, 0.3) is 5.91 Å². The summed E-state index contributed by atoms with van der Waals surface area (Å²) < 4.78 is 1.27. The fourth-order valence-electron chi connectivity index (χ4n) is 1.94. The molecule has 0 unspecified atom stereocenters. The topological polar surface area (TPSA) is 55.1 Å². The Bertz CT molecular complexity index is 804. The largest absolute Gasteiger partial charge is 0.505 e. The first kappa shape index (κ1) is 13.0. The fourth-order valence-corrected chi connectivity index (χ4v) is 2.43. The van der Waals surface area contributed by atoms with Gasteiger partial charge in [-0.1, -0.05) is 41.4 Å². The number of benzene rings is 2. The van der Waals surface area contributed by atoms with E-state index < -0.39 is 0 Å². The van der Waals surface area contributed by atoms with Crippen LogP contribution in [0.4, 0.5) is 0 Å². The molecule has 0 spiro atoms. The second-order valence-corrected chi connectivity index (χ2v) is 5.02. The summed E-state index contributed by atoms with van der Waals surface area (Å²) >= 11 is 11.7. The minimum atomic E-state index is -0.366. The summed E-state index contributed by atoms with van der Waals surface area (Å²) in [5.41, 5.74) is 0.949. The zero-order valence-electron chi connectivity index (χ0n) is 10.0. The molecule has 4 nitrogen and oxygen atoms in total. The van der Waals surface area contributed by atoms with Crippen molar-refractivity contribution in [2.75, 3.05) is 0 Å². The van der Waals surface area contributed by atoms with Gasteiger partial charge in [-0.2, -0.15) is 9.78 Å². The maximum absolute atomic E-state index is 12.4. The van der Waals surface area contributed by atoms with E-state index in [-0.39, 0.29) is 27.3 Å². The quantitative estimate of drug-likeness (QED) is 0.745. The first-order valence-corrected chi connectivity index (χ1v) is 6.49. The minimum absolute atomic E-state index is 0.0253. The highest BCUT2D eigenvalue weighted by atomic mass is 35.5. The maximum atomic E-state index is 12.4. The molecule has 0 saturated carbocycles. The molecule has 0 aliphatic carbocycles. The molecule has 0 aliphatic rings. The molecule has 0 radical (unpaired) electrons. The number of rotatable bonds is 1. The van der Waals surface area contributed by atoms with Crippen molar-refractivity contribution >= 4 is 40.0 Å². The van der Waals surface area contributed by atoms with Gasteiger partial charge in [-0.3, -0.25) is 4.79 Å². The number of aromatic nitrogens is 2. The lowest BCUT2D eigenvalue weighted by Gasteiger charge is -2.05. The van der Waals surface area contributed by atoms with Gasteiger partial charge >= 0.3 is 0 Å². The molecule has 100 valence electrons. The molecule has 0 aliphatic heterocycles. The third kappa shape index (κ3) is 2.03. The van der Waals surface area contributed by atoms with Crippen LogP contribution in [0.3, 0.4) is 0 Å². The van der Waals surface area contributed by atoms with E-state index in [0.29, 0.717) is 5.52 Å². The average Bonchev–Trinajstić information content (AvgIpc) is 2.87. The highest BCUT2D eigenvalue weighted by molar-refractivity contribution is 6.37. The van der Waals surface area contributed by atoms with Crippen molar-refractivity contribution in [1.82, 2.24) is 9.78 Å². The first-order valence-electron chi connectivity index (χ1n) is 5.73. The van der Waals surface area contributed by atoms with Crippen LogP contribution in [0.15, 0.2) is 42.6 Å². The summed E-state index contributed by atoms with van der Waals surface area (Å²) in [4.78, 5) is 12.4. The molecular weight excluding hydrogens is 299 g/mol. The van der Waals surface area contributed by atoms with E-state index in [4.69, 9.17) is 23.2 Å². The van der Waals surface area contributed by atoms with E-state index in [9.17, 15) is 9.90 Å². The molecular formula is C14H8Cl2N2O2. The van der Waals surface area contributed by atoms with Gasteiger partial charge in [0.05, 0.1) is 21.8 Å². The zero-order valence-corrected chi connectivity index (χ0v) is 11.6. The lowest BCUT2D eigenvalue weighted by molar-refractivity contribution is 0.0950. The van der Waals surface area contributed by atoms with E-state index in [1.807, 2.05) is 18.2 Å². The van der Waals surface area contributed by atoms with Gasteiger partial charge in [0, 0.05) is 10.9 Å². The molecule has 1 aromatic heterocycles. The van der Waals surface area contributed by atoms with E-state index in [1.165, 1.54) is 16.8 Å².